The molecule has 2 aliphatic rings. The van der Waals surface area contributed by atoms with E-state index in [2.05, 4.69) is 4.98 Å². The minimum Gasteiger partial charge on any atom is -0.297 e. The molecule has 3 aromatic rings. The Morgan fingerprint density at radius 3 is 2.42 bits per heavy atom. The smallest absolute Gasteiger partial charge is 0.297 e. The van der Waals surface area contributed by atoms with Crippen molar-refractivity contribution in [2.75, 3.05) is 16.5 Å². The third-order valence-corrected chi connectivity index (χ3v) is 7.76. The quantitative estimate of drug-likeness (QED) is 0.559. The van der Waals surface area contributed by atoms with Crippen LogP contribution < -0.4 is 16.3 Å². The number of hydrogen-bond donors (Lipinski definition) is 0. The van der Waals surface area contributed by atoms with Crippen LogP contribution in [0.5, 0.6) is 0 Å². The molecule has 2 aromatic heterocycles. The van der Waals surface area contributed by atoms with Crippen molar-refractivity contribution in [3.05, 3.63) is 56.2 Å². The molecule has 0 saturated carbocycles. The molecule has 1 saturated heterocycles. The Bertz CT molecular complexity index is 1480. The molecule has 11 heteroatoms. The highest BCUT2D eigenvalue weighted by Gasteiger charge is 2.38. The first kappa shape index (κ1) is 19.7. The number of imidazole rings is 1. The number of aryl methyl sites for hydroxylation is 2. The molecule has 5 rings (SSSR count). The summed E-state index contributed by atoms with van der Waals surface area (Å²) < 4.78 is 28.4. The number of benzene rings is 1. The van der Waals surface area contributed by atoms with Gasteiger partial charge in [-0.2, -0.15) is 10.1 Å². The summed E-state index contributed by atoms with van der Waals surface area (Å²) in [6.07, 6.45) is 0.424. The third kappa shape index (κ3) is 3.02. The molecule has 0 bridgehead atoms. The van der Waals surface area contributed by atoms with E-state index in [1.807, 2.05) is 31.2 Å². The van der Waals surface area contributed by atoms with E-state index in [1.165, 1.54) is 11.6 Å². The Morgan fingerprint density at radius 2 is 1.77 bits per heavy atom. The molecule has 1 atom stereocenters. The lowest BCUT2D eigenvalue weighted by molar-refractivity contribution is 0.595. The van der Waals surface area contributed by atoms with Gasteiger partial charge in [0.1, 0.15) is 0 Å². The third-order valence-electron chi connectivity index (χ3n) is 6.01. The second kappa shape index (κ2) is 6.64. The summed E-state index contributed by atoms with van der Waals surface area (Å²) in [7, 11) is -0.166. The molecule has 0 unspecified atom stereocenters. The monoisotopic (exact) mass is 442 g/mol. The zero-order valence-corrected chi connectivity index (χ0v) is 18.3. The largest absolute Gasteiger partial charge is 0.332 e. The van der Waals surface area contributed by atoms with Crippen molar-refractivity contribution in [2.24, 2.45) is 19.2 Å². The Balaban J connectivity index is 1.76. The molecule has 31 heavy (non-hydrogen) atoms. The predicted octanol–water partition coefficient (Wildman–Crippen LogP) is 0.154. The minimum absolute atomic E-state index is 0.0299. The molecule has 0 spiro atoms. The van der Waals surface area contributed by atoms with Crippen molar-refractivity contribution >= 4 is 32.7 Å². The maximum Gasteiger partial charge on any atom is 0.332 e. The van der Waals surface area contributed by atoms with Gasteiger partial charge in [0.15, 0.2) is 21.0 Å². The highest BCUT2D eigenvalue weighted by atomic mass is 32.2. The first-order chi connectivity index (χ1) is 14.7. The number of hydrazone groups is 1. The van der Waals surface area contributed by atoms with Crippen LogP contribution >= 0.6 is 0 Å². The van der Waals surface area contributed by atoms with Crippen LogP contribution in [0.2, 0.25) is 0 Å². The minimum atomic E-state index is -3.16. The van der Waals surface area contributed by atoms with Gasteiger partial charge in [-0.1, -0.05) is 29.8 Å². The van der Waals surface area contributed by atoms with Crippen LogP contribution in [0.1, 0.15) is 17.5 Å². The van der Waals surface area contributed by atoms with Gasteiger partial charge < -0.3 is 0 Å². The Hall–Kier alpha value is -3.21. The number of rotatable bonds is 2. The van der Waals surface area contributed by atoms with Crippen LogP contribution in [0.4, 0.5) is 5.95 Å². The Kier molecular flexibility index (Phi) is 4.23. The number of sulfone groups is 1. The van der Waals surface area contributed by atoms with Crippen LogP contribution in [0.3, 0.4) is 0 Å². The van der Waals surface area contributed by atoms with Gasteiger partial charge >= 0.3 is 5.69 Å². The number of hydrogen-bond acceptors (Lipinski definition) is 7. The van der Waals surface area contributed by atoms with Gasteiger partial charge in [0.05, 0.1) is 29.8 Å². The number of fused-ring (bicyclic) bond motifs is 3. The van der Waals surface area contributed by atoms with E-state index in [-0.39, 0.29) is 29.7 Å². The van der Waals surface area contributed by atoms with Gasteiger partial charge in [-0.25, -0.2) is 18.2 Å². The summed E-state index contributed by atoms with van der Waals surface area (Å²) in [5.74, 6) is 0.438. The van der Waals surface area contributed by atoms with Crippen LogP contribution in [-0.2, 0) is 30.5 Å². The fourth-order valence-electron chi connectivity index (χ4n) is 4.22. The first-order valence-corrected chi connectivity index (χ1v) is 11.8. The first-order valence-electron chi connectivity index (χ1n) is 9.97. The Morgan fingerprint density at radius 1 is 1.06 bits per heavy atom. The van der Waals surface area contributed by atoms with Crippen LogP contribution in [0.15, 0.2) is 39.0 Å². The van der Waals surface area contributed by atoms with Gasteiger partial charge in [-0.05, 0) is 18.9 Å². The maximum absolute atomic E-state index is 13.0. The number of anilines is 1. The zero-order chi connectivity index (χ0) is 22.1. The average Bonchev–Trinajstić information content (AvgIpc) is 3.30. The predicted molar refractivity (Wildman–Crippen MR) is 117 cm³/mol. The van der Waals surface area contributed by atoms with Crippen LogP contribution in [0.25, 0.3) is 11.2 Å². The molecule has 162 valence electrons. The molecule has 0 amide bonds. The molecular weight excluding hydrogens is 420 g/mol. The van der Waals surface area contributed by atoms with Gasteiger partial charge in [-0.3, -0.25) is 18.5 Å². The highest BCUT2D eigenvalue weighted by Crippen LogP contribution is 2.30. The molecule has 0 radical (unpaired) electrons. The Labute approximate surface area is 178 Å². The zero-order valence-electron chi connectivity index (χ0n) is 17.4. The molecular formula is C20H22N6O4S. The van der Waals surface area contributed by atoms with E-state index in [0.717, 1.165) is 15.7 Å². The summed E-state index contributed by atoms with van der Waals surface area (Å²) in [6, 6.07) is 7.48. The lowest BCUT2D eigenvalue weighted by Crippen LogP contribution is -2.40. The number of nitrogens with zero attached hydrogens (tertiary/aromatic N) is 6. The standard InChI is InChI=1S/C20H22N6O4S/c1-12-4-6-13(7-5-12)15-10-25-16-17(23(2)20(28)24(3)18(16)27)21-19(25)26(22-15)14-8-9-31(29,30)11-14/h4-7,14H,8-11H2,1-3H3/t14-/m0/s1. The molecule has 2 aliphatic heterocycles. The lowest BCUT2D eigenvalue weighted by Gasteiger charge is -2.30. The van der Waals surface area contributed by atoms with Crippen molar-refractivity contribution in [3.63, 3.8) is 0 Å². The summed E-state index contributed by atoms with van der Waals surface area (Å²) in [6.45, 7) is 2.28. The maximum atomic E-state index is 13.0. The molecule has 4 heterocycles. The van der Waals surface area contributed by atoms with E-state index in [1.54, 1.807) is 16.6 Å². The molecule has 0 aliphatic carbocycles. The summed E-state index contributed by atoms with van der Waals surface area (Å²) in [4.78, 5) is 30.0. The topological polar surface area (TPSA) is 112 Å². The van der Waals surface area contributed by atoms with Crippen molar-refractivity contribution in [3.8, 4) is 0 Å². The highest BCUT2D eigenvalue weighted by molar-refractivity contribution is 7.91. The van der Waals surface area contributed by atoms with E-state index in [0.29, 0.717) is 23.6 Å². The van der Waals surface area contributed by atoms with Crippen LogP contribution in [-0.4, -0.2) is 50.4 Å². The molecule has 1 aromatic carbocycles. The van der Waals surface area contributed by atoms with Gasteiger partial charge in [0.2, 0.25) is 5.95 Å². The summed E-state index contributed by atoms with van der Waals surface area (Å²) >= 11 is 0. The average molecular weight is 443 g/mol. The van der Waals surface area contributed by atoms with E-state index < -0.39 is 21.1 Å². The van der Waals surface area contributed by atoms with Gasteiger partial charge in [-0.15, -0.1) is 0 Å². The van der Waals surface area contributed by atoms with Crippen molar-refractivity contribution in [1.82, 2.24) is 18.7 Å². The van der Waals surface area contributed by atoms with Crippen molar-refractivity contribution in [2.45, 2.75) is 25.9 Å². The molecule has 10 nitrogen and oxygen atoms in total. The normalized spacial score (nSPS) is 20.2. The van der Waals surface area contributed by atoms with E-state index in [9.17, 15) is 18.0 Å². The lowest BCUT2D eigenvalue weighted by atomic mass is 10.1. The van der Waals surface area contributed by atoms with Gasteiger partial charge in [0.25, 0.3) is 5.56 Å². The summed E-state index contributed by atoms with van der Waals surface area (Å²) in [5.41, 5.74) is 2.33. The second-order valence-electron chi connectivity index (χ2n) is 8.19. The van der Waals surface area contributed by atoms with Crippen molar-refractivity contribution < 1.29 is 8.42 Å². The fourth-order valence-corrected chi connectivity index (χ4v) is 5.92. The van der Waals surface area contributed by atoms with Crippen LogP contribution in [0, 0.1) is 6.92 Å². The SMILES string of the molecule is Cc1ccc(C2=NN([C@H]3CCS(=O)(=O)C3)c3nc4c(c(=O)n(C)c(=O)n4C)n3C2)cc1. The molecule has 1 fully saturated rings. The summed E-state index contributed by atoms with van der Waals surface area (Å²) in [5, 5.41) is 6.39. The second-order valence-corrected chi connectivity index (χ2v) is 10.4. The molecule has 0 N–H and O–H groups in total. The van der Waals surface area contributed by atoms with Crippen molar-refractivity contribution in [1.29, 1.82) is 0 Å². The van der Waals surface area contributed by atoms with E-state index >= 15 is 0 Å². The fraction of sp³-hybridized carbons (Fsp3) is 0.400. The van der Waals surface area contributed by atoms with E-state index in [4.69, 9.17) is 5.10 Å². The number of aromatic nitrogens is 4. The van der Waals surface area contributed by atoms with Gasteiger partial charge in [0, 0.05) is 14.1 Å².